The fraction of sp³-hybridized carbons (Fsp3) is 0.320. The number of ether oxygens (including phenoxy) is 2. The molecule has 0 aliphatic carbocycles. The number of halogens is 1. The second-order valence-corrected chi connectivity index (χ2v) is 11.3. The summed E-state index contributed by atoms with van der Waals surface area (Å²) in [5.41, 5.74) is 2.74. The van der Waals surface area contributed by atoms with E-state index in [1.807, 2.05) is 13.0 Å². The molecule has 40 heavy (non-hydrogen) atoms. The highest BCUT2D eigenvalue weighted by atomic mass is 35.5. The summed E-state index contributed by atoms with van der Waals surface area (Å²) in [6.07, 6.45) is 4.66. The van der Waals surface area contributed by atoms with E-state index in [0.717, 1.165) is 11.8 Å². The molecule has 4 rings (SSSR count). The molecule has 12 nitrogen and oxygen atoms in total. The zero-order valence-corrected chi connectivity index (χ0v) is 23.5. The van der Waals surface area contributed by atoms with Crippen molar-refractivity contribution >= 4 is 52.6 Å². The van der Waals surface area contributed by atoms with Gasteiger partial charge in [0.05, 0.1) is 49.5 Å². The van der Waals surface area contributed by atoms with Crippen LogP contribution in [0.4, 0.5) is 17.3 Å². The number of hydrogen-bond acceptors (Lipinski definition) is 12. The zero-order valence-electron chi connectivity index (χ0n) is 21.9. The number of rotatable bonds is 12. The average molecular weight is 584 g/mol. The second-order valence-electron chi connectivity index (χ2n) is 9.19. The highest BCUT2D eigenvalue weighted by molar-refractivity contribution is 7.85. The number of fused-ring (bicyclic) bond motifs is 1. The van der Waals surface area contributed by atoms with Crippen LogP contribution >= 0.6 is 11.6 Å². The molecular formula is C25H25BClN6O6S. The number of anilines is 3. The van der Waals surface area contributed by atoms with Gasteiger partial charge in [0.2, 0.25) is 11.8 Å². The monoisotopic (exact) mass is 583 g/mol. The molecule has 0 saturated heterocycles. The lowest BCUT2D eigenvalue weighted by Gasteiger charge is -2.26. The molecule has 3 heterocycles. The van der Waals surface area contributed by atoms with Gasteiger partial charge in [0.25, 0.3) is 10.1 Å². The number of pyridine rings is 1. The third kappa shape index (κ3) is 6.68. The first kappa shape index (κ1) is 29.2. The Morgan fingerprint density at radius 3 is 2.80 bits per heavy atom. The van der Waals surface area contributed by atoms with Crippen LogP contribution in [0.15, 0.2) is 36.7 Å². The first-order valence-corrected chi connectivity index (χ1v) is 14.1. The second kappa shape index (κ2) is 12.2. The van der Waals surface area contributed by atoms with Gasteiger partial charge in [-0.05, 0) is 29.8 Å². The van der Waals surface area contributed by atoms with E-state index in [1.54, 1.807) is 29.2 Å². The first-order valence-electron chi connectivity index (χ1n) is 11.9. The van der Waals surface area contributed by atoms with Gasteiger partial charge in [-0.2, -0.15) is 13.7 Å². The topological polar surface area (TPSA) is 157 Å². The van der Waals surface area contributed by atoms with Gasteiger partial charge in [-0.1, -0.05) is 18.5 Å². The van der Waals surface area contributed by atoms with Crippen LogP contribution in [0, 0.1) is 11.3 Å². The molecule has 207 valence electrons. The van der Waals surface area contributed by atoms with Crippen LogP contribution in [-0.2, 0) is 29.2 Å². The van der Waals surface area contributed by atoms with Gasteiger partial charge in [-0.3, -0.25) is 4.18 Å². The van der Waals surface area contributed by atoms with Gasteiger partial charge in [-0.25, -0.2) is 15.0 Å². The molecule has 1 aromatic carbocycles. The molecule has 1 N–H and O–H groups in total. The number of nitrogens with one attached hydrogen (secondary N) is 1. The molecule has 1 aliphatic rings. The smallest absolute Gasteiger partial charge is 0.329 e. The predicted molar refractivity (Wildman–Crippen MR) is 150 cm³/mol. The highest BCUT2D eigenvalue weighted by Gasteiger charge is 2.41. The van der Waals surface area contributed by atoms with Crippen LogP contribution in [-0.4, -0.2) is 76.7 Å². The Bertz CT molecular complexity index is 1570. The minimum atomic E-state index is -3.58. The predicted octanol–water partition coefficient (Wildman–Crippen LogP) is 2.70. The lowest BCUT2D eigenvalue weighted by Crippen LogP contribution is -2.37. The van der Waals surface area contributed by atoms with E-state index >= 15 is 0 Å². The van der Waals surface area contributed by atoms with Gasteiger partial charge in [-0.15, -0.1) is 0 Å². The molecule has 1 aliphatic heterocycles. The number of methoxy groups -OCH3 is 1. The SMILES string of the molecule is COc1ncc(Cl)cc1Nc1nccc(-c2cc(C#N)c3c(c2)C(C)(COCCOS(C)(=O)=O)CN3[B]C=O)n1. The summed E-state index contributed by atoms with van der Waals surface area (Å²) in [5, 5.41) is 13.5. The van der Waals surface area contributed by atoms with Gasteiger partial charge >= 0.3 is 7.41 Å². The summed E-state index contributed by atoms with van der Waals surface area (Å²) in [6.45, 7) is 2.41. The van der Waals surface area contributed by atoms with Crippen molar-refractivity contribution < 1.29 is 26.9 Å². The lowest BCUT2D eigenvalue weighted by atomic mass is 9.83. The third-order valence-corrected chi connectivity index (χ3v) is 6.88. The van der Waals surface area contributed by atoms with Crippen LogP contribution in [0.25, 0.3) is 11.3 Å². The summed E-state index contributed by atoms with van der Waals surface area (Å²) < 4.78 is 38.2. The largest absolute Gasteiger partial charge is 0.480 e. The van der Waals surface area contributed by atoms with Crippen LogP contribution in [0.2, 0.25) is 5.02 Å². The number of benzene rings is 1. The normalized spacial score (nSPS) is 16.2. The van der Waals surface area contributed by atoms with Crippen molar-refractivity contribution in [2.45, 2.75) is 12.3 Å². The fourth-order valence-electron chi connectivity index (χ4n) is 4.42. The van der Waals surface area contributed by atoms with E-state index in [1.165, 1.54) is 20.7 Å². The highest BCUT2D eigenvalue weighted by Crippen LogP contribution is 2.44. The third-order valence-electron chi connectivity index (χ3n) is 6.08. The molecule has 3 aromatic rings. The maximum Gasteiger partial charge on any atom is 0.329 e. The van der Waals surface area contributed by atoms with Crippen molar-refractivity contribution in [1.82, 2.24) is 15.0 Å². The maximum atomic E-state index is 11.4. The molecule has 15 heteroatoms. The summed E-state index contributed by atoms with van der Waals surface area (Å²) in [6, 6.07) is 9.18. The van der Waals surface area contributed by atoms with Crippen LogP contribution in [0.5, 0.6) is 5.88 Å². The summed E-state index contributed by atoms with van der Waals surface area (Å²) in [5.74, 6) is 0.568. The molecule has 1 atom stereocenters. The van der Waals surface area contributed by atoms with E-state index < -0.39 is 15.5 Å². The molecule has 0 fully saturated rings. The Kier molecular flexibility index (Phi) is 8.90. The first-order chi connectivity index (χ1) is 19.1. The molecule has 1 unspecified atom stereocenters. The van der Waals surface area contributed by atoms with E-state index in [4.69, 9.17) is 25.3 Å². The number of hydrogen-bond donors (Lipinski definition) is 1. The van der Waals surface area contributed by atoms with E-state index in [2.05, 4.69) is 26.3 Å². The Morgan fingerprint density at radius 1 is 1.30 bits per heavy atom. The zero-order chi connectivity index (χ0) is 28.9. The number of carbonyl (C=O) groups is 1. The Hall–Kier alpha value is -3.77. The van der Waals surface area contributed by atoms with E-state index in [0.29, 0.717) is 51.8 Å². The quantitative estimate of drug-likeness (QED) is 0.144. The van der Waals surface area contributed by atoms with E-state index in [9.17, 15) is 18.5 Å². The van der Waals surface area contributed by atoms with Crippen molar-refractivity contribution in [3.05, 3.63) is 52.8 Å². The van der Waals surface area contributed by atoms with Crippen molar-refractivity contribution in [3.63, 3.8) is 0 Å². The van der Waals surface area contributed by atoms with Crippen LogP contribution in [0.3, 0.4) is 0 Å². The van der Waals surface area contributed by atoms with Gasteiger partial charge in [0.15, 0.2) is 0 Å². The van der Waals surface area contributed by atoms with Crippen LogP contribution in [0.1, 0.15) is 18.1 Å². The van der Waals surface area contributed by atoms with Crippen molar-refractivity contribution in [2.75, 3.05) is 49.9 Å². The standard InChI is InChI=1S/C25H25BClN6O6S/c1-25(14-38-6-7-39-40(3,35)36)13-33(26-15-34)22-17(11-28)8-16(9-19(22)25)20-4-5-29-24(31-20)32-21-10-18(27)12-30-23(21)37-2/h4-5,8-10,12,15H,6-7,13-14H2,1-3H3,(H,29,31,32). The van der Waals surface area contributed by atoms with Gasteiger partial charge < -0.3 is 24.4 Å². The molecule has 0 saturated carbocycles. The number of nitriles is 1. The summed E-state index contributed by atoms with van der Waals surface area (Å²) in [4.78, 5) is 26.1. The lowest BCUT2D eigenvalue weighted by molar-refractivity contribution is 0.0716. The summed E-state index contributed by atoms with van der Waals surface area (Å²) in [7, 11) is -0.726. The molecule has 1 radical (unpaired) electrons. The maximum absolute atomic E-state index is 11.4. The summed E-state index contributed by atoms with van der Waals surface area (Å²) >= 11 is 6.09. The minimum Gasteiger partial charge on any atom is -0.480 e. The van der Waals surface area contributed by atoms with Crippen molar-refractivity contribution in [2.24, 2.45) is 0 Å². The Balaban J connectivity index is 1.67. The average Bonchev–Trinajstić information content (AvgIpc) is 3.19. The molecule has 2 aromatic heterocycles. The van der Waals surface area contributed by atoms with E-state index in [-0.39, 0.29) is 25.8 Å². The molecule has 0 amide bonds. The van der Waals surface area contributed by atoms with Crippen molar-refractivity contribution in [1.29, 1.82) is 5.26 Å². The van der Waals surface area contributed by atoms with Crippen LogP contribution < -0.4 is 14.9 Å². The van der Waals surface area contributed by atoms with Gasteiger partial charge in [0, 0.05) is 35.6 Å². The van der Waals surface area contributed by atoms with Gasteiger partial charge in [0.1, 0.15) is 17.9 Å². The molecule has 0 spiro atoms. The fourth-order valence-corrected chi connectivity index (χ4v) is 4.95. The number of carbonyl (C=O) groups excluding carboxylic acids is 1. The van der Waals surface area contributed by atoms with Crippen molar-refractivity contribution in [3.8, 4) is 23.2 Å². The Morgan fingerprint density at radius 2 is 2.10 bits per heavy atom. The minimum absolute atomic E-state index is 0.0446. The number of aromatic nitrogens is 3. The number of nitrogens with zero attached hydrogens (tertiary/aromatic N) is 5. The molecular weight excluding hydrogens is 559 g/mol. The Labute approximate surface area is 237 Å². The molecule has 0 bridgehead atoms.